The molecule has 1 rings (SSSR count). The van der Waals surface area contributed by atoms with Crippen LogP contribution < -0.4 is 5.73 Å². The average Bonchev–Trinajstić information content (AvgIpc) is 2.70. The quantitative estimate of drug-likeness (QED) is 0.694. The first kappa shape index (κ1) is 14.2. The summed E-state index contributed by atoms with van der Waals surface area (Å²) < 4.78 is 7.05. The van der Waals surface area contributed by atoms with Crippen LogP contribution in [0.4, 0.5) is 0 Å². The first-order valence-electron chi connectivity index (χ1n) is 5.99. The van der Waals surface area contributed by atoms with Gasteiger partial charge in [-0.25, -0.2) is 4.98 Å². The number of aryl methyl sites for hydroxylation is 2. The third-order valence-corrected chi connectivity index (χ3v) is 2.99. The maximum absolute atomic E-state index is 10.4. The van der Waals surface area contributed by atoms with E-state index in [0.29, 0.717) is 26.0 Å². The zero-order chi connectivity index (χ0) is 12.7. The van der Waals surface area contributed by atoms with E-state index in [9.17, 15) is 5.11 Å². The molecule has 0 aromatic carbocycles. The molecule has 1 aromatic heterocycles. The van der Waals surface area contributed by atoms with E-state index >= 15 is 0 Å². The van der Waals surface area contributed by atoms with Crippen molar-refractivity contribution in [2.24, 2.45) is 12.8 Å². The lowest BCUT2D eigenvalue weighted by atomic mass is 9.93. The molecule has 3 N–H and O–H groups in total. The number of hydrogen-bond acceptors (Lipinski definition) is 4. The minimum Gasteiger partial charge on any atom is -0.387 e. The van der Waals surface area contributed by atoms with Crippen LogP contribution in [0, 0.1) is 0 Å². The fourth-order valence-corrected chi connectivity index (χ4v) is 1.95. The summed E-state index contributed by atoms with van der Waals surface area (Å²) in [6.07, 6.45) is 6.54. The van der Waals surface area contributed by atoms with Crippen molar-refractivity contribution in [1.29, 1.82) is 0 Å². The lowest BCUT2D eigenvalue weighted by Gasteiger charge is -2.27. The van der Waals surface area contributed by atoms with Gasteiger partial charge in [0.05, 0.1) is 12.2 Å². The molecule has 5 nitrogen and oxygen atoms in total. The number of imidazole rings is 1. The summed E-state index contributed by atoms with van der Waals surface area (Å²) in [5, 5.41) is 10.4. The molecule has 0 saturated heterocycles. The third-order valence-electron chi connectivity index (χ3n) is 2.99. The second-order valence-corrected chi connectivity index (χ2v) is 4.50. The average molecular weight is 241 g/mol. The van der Waals surface area contributed by atoms with Crippen LogP contribution in [0.25, 0.3) is 0 Å². The van der Waals surface area contributed by atoms with Crippen LogP contribution in [0.3, 0.4) is 0 Å². The van der Waals surface area contributed by atoms with E-state index in [1.54, 1.807) is 13.3 Å². The minimum atomic E-state index is -0.792. The predicted octanol–water partition coefficient (Wildman–Crippen LogP) is 0.469. The van der Waals surface area contributed by atoms with E-state index in [4.69, 9.17) is 10.5 Å². The molecule has 0 fully saturated rings. The van der Waals surface area contributed by atoms with E-state index < -0.39 is 5.60 Å². The summed E-state index contributed by atoms with van der Waals surface area (Å²) in [5.74, 6) is 0.979. The molecule has 0 bridgehead atoms. The molecular formula is C12H23N3O2. The van der Waals surface area contributed by atoms with E-state index in [1.807, 2.05) is 17.8 Å². The van der Waals surface area contributed by atoms with Crippen LogP contribution >= 0.6 is 0 Å². The number of nitrogens with two attached hydrogens (primary N) is 1. The van der Waals surface area contributed by atoms with Crippen molar-refractivity contribution in [3.63, 3.8) is 0 Å². The van der Waals surface area contributed by atoms with Crippen LogP contribution in [-0.4, -0.2) is 40.5 Å². The fourth-order valence-electron chi connectivity index (χ4n) is 1.95. The maximum Gasteiger partial charge on any atom is 0.108 e. The smallest absolute Gasteiger partial charge is 0.108 e. The van der Waals surface area contributed by atoms with Gasteiger partial charge in [-0.15, -0.1) is 0 Å². The van der Waals surface area contributed by atoms with Crippen LogP contribution in [0.5, 0.6) is 0 Å². The van der Waals surface area contributed by atoms with Gasteiger partial charge in [-0.2, -0.15) is 0 Å². The van der Waals surface area contributed by atoms with Gasteiger partial charge < -0.3 is 20.1 Å². The first-order chi connectivity index (χ1) is 8.11. The van der Waals surface area contributed by atoms with Gasteiger partial charge in [0, 0.05) is 33.0 Å². The molecule has 0 aliphatic rings. The molecule has 1 heterocycles. The Hall–Kier alpha value is -0.910. The fraction of sp³-hybridized carbons (Fsp3) is 0.750. The molecule has 98 valence electrons. The van der Waals surface area contributed by atoms with Crippen molar-refractivity contribution in [2.45, 2.75) is 31.3 Å². The van der Waals surface area contributed by atoms with Gasteiger partial charge in [0.1, 0.15) is 5.82 Å². The summed E-state index contributed by atoms with van der Waals surface area (Å²) in [7, 11) is 3.56. The SMILES string of the molecule is COCC(O)(CCCN)CCc1nccn1C. The molecule has 1 atom stereocenters. The Labute approximate surface area is 103 Å². The highest BCUT2D eigenvalue weighted by Crippen LogP contribution is 2.20. The van der Waals surface area contributed by atoms with E-state index in [0.717, 1.165) is 18.7 Å². The lowest BCUT2D eigenvalue weighted by Crippen LogP contribution is -2.35. The molecule has 1 unspecified atom stereocenters. The van der Waals surface area contributed by atoms with Gasteiger partial charge >= 0.3 is 0 Å². The second kappa shape index (κ2) is 6.74. The topological polar surface area (TPSA) is 73.3 Å². The van der Waals surface area contributed by atoms with Crippen LogP contribution in [0.2, 0.25) is 0 Å². The predicted molar refractivity (Wildman–Crippen MR) is 66.6 cm³/mol. The maximum atomic E-state index is 10.4. The molecule has 17 heavy (non-hydrogen) atoms. The Balaban J connectivity index is 2.51. The van der Waals surface area contributed by atoms with Gasteiger partial charge in [0.2, 0.25) is 0 Å². The third kappa shape index (κ3) is 4.46. The van der Waals surface area contributed by atoms with Crippen LogP contribution in [0.1, 0.15) is 25.1 Å². The van der Waals surface area contributed by atoms with Crippen molar-refractivity contribution in [1.82, 2.24) is 9.55 Å². The zero-order valence-corrected chi connectivity index (χ0v) is 10.7. The van der Waals surface area contributed by atoms with Gasteiger partial charge in [0.15, 0.2) is 0 Å². The molecule has 0 spiro atoms. The van der Waals surface area contributed by atoms with Gasteiger partial charge in [0.25, 0.3) is 0 Å². The summed E-state index contributed by atoms with van der Waals surface area (Å²) in [6, 6.07) is 0. The second-order valence-electron chi connectivity index (χ2n) is 4.50. The Bertz CT molecular complexity index is 327. The zero-order valence-electron chi connectivity index (χ0n) is 10.7. The Morgan fingerprint density at radius 2 is 2.29 bits per heavy atom. The standard InChI is InChI=1S/C12H23N3O2/c1-15-9-8-14-11(15)4-6-12(16,10-17-2)5-3-7-13/h8-9,16H,3-7,10,13H2,1-2H3. The number of aromatic nitrogens is 2. The Morgan fingerprint density at radius 1 is 1.53 bits per heavy atom. The van der Waals surface area contributed by atoms with Crippen molar-refractivity contribution in [3.05, 3.63) is 18.2 Å². The molecule has 0 saturated carbocycles. The number of nitrogens with zero attached hydrogens (tertiary/aromatic N) is 2. The van der Waals surface area contributed by atoms with Crippen LogP contribution in [0.15, 0.2) is 12.4 Å². The number of ether oxygens (including phenoxy) is 1. The lowest BCUT2D eigenvalue weighted by molar-refractivity contribution is -0.0440. The van der Waals surface area contributed by atoms with E-state index in [1.165, 1.54) is 0 Å². The number of rotatable bonds is 8. The Kier molecular flexibility index (Phi) is 5.61. The summed E-state index contributed by atoms with van der Waals surface area (Å²) >= 11 is 0. The highest BCUT2D eigenvalue weighted by atomic mass is 16.5. The van der Waals surface area contributed by atoms with Gasteiger partial charge in [-0.05, 0) is 25.8 Å². The van der Waals surface area contributed by atoms with Crippen LogP contribution in [-0.2, 0) is 18.2 Å². The highest BCUT2D eigenvalue weighted by Gasteiger charge is 2.26. The normalized spacial score (nSPS) is 14.8. The monoisotopic (exact) mass is 241 g/mol. The van der Waals surface area contributed by atoms with E-state index in [2.05, 4.69) is 4.98 Å². The van der Waals surface area contributed by atoms with Crippen molar-refractivity contribution in [3.8, 4) is 0 Å². The molecule has 5 heteroatoms. The highest BCUT2D eigenvalue weighted by molar-refractivity contribution is 4.93. The number of methoxy groups -OCH3 is 1. The largest absolute Gasteiger partial charge is 0.387 e. The number of aliphatic hydroxyl groups is 1. The summed E-state index contributed by atoms with van der Waals surface area (Å²) in [4.78, 5) is 4.25. The minimum absolute atomic E-state index is 0.345. The Morgan fingerprint density at radius 3 is 2.82 bits per heavy atom. The summed E-state index contributed by atoms with van der Waals surface area (Å²) in [5.41, 5.74) is 4.69. The molecule has 0 amide bonds. The molecule has 0 aliphatic heterocycles. The molecule has 0 aliphatic carbocycles. The van der Waals surface area contributed by atoms with Gasteiger partial charge in [-0.3, -0.25) is 0 Å². The summed E-state index contributed by atoms with van der Waals surface area (Å²) in [6.45, 7) is 0.936. The number of hydrogen-bond donors (Lipinski definition) is 2. The molecule has 1 aromatic rings. The molecular weight excluding hydrogens is 218 g/mol. The molecule has 0 radical (unpaired) electrons. The van der Waals surface area contributed by atoms with E-state index in [-0.39, 0.29) is 0 Å². The van der Waals surface area contributed by atoms with Crippen molar-refractivity contribution < 1.29 is 9.84 Å². The van der Waals surface area contributed by atoms with Gasteiger partial charge in [-0.1, -0.05) is 0 Å². The van der Waals surface area contributed by atoms with Crippen molar-refractivity contribution >= 4 is 0 Å². The van der Waals surface area contributed by atoms with Crippen molar-refractivity contribution in [2.75, 3.05) is 20.3 Å². The first-order valence-corrected chi connectivity index (χ1v) is 5.99.